The molecule has 8 heteroatoms. The van der Waals surface area contributed by atoms with Crippen molar-refractivity contribution in [2.75, 3.05) is 40.9 Å². The second-order valence-electron chi connectivity index (χ2n) is 6.53. The van der Waals surface area contributed by atoms with Crippen LogP contribution in [-0.2, 0) is 16.1 Å². The number of aromatic nitrogens is 3. The van der Waals surface area contributed by atoms with Crippen molar-refractivity contribution in [1.82, 2.24) is 25.2 Å². The van der Waals surface area contributed by atoms with Gasteiger partial charge in [-0.3, -0.25) is 9.69 Å². The molecule has 1 aliphatic heterocycles. The highest BCUT2D eigenvalue weighted by atomic mass is 16.5. The molecule has 1 aromatic carbocycles. The van der Waals surface area contributed by atoms with Crippen LogP contribution in [0.4, 0.5) is 0 Å². The van der Waals surface area contributed by atoms with Crippen molar-refractivity contribution in [2.24, 2.45) is 0 Å². The summed E-state index contributed by atoms with van der Waals surface area (Å²) in [5.41, 5.74) is 1.86. The highest BCUT2D eigenvalue weighted by molar-refractivity contribution is 5.78. The molecule has 2 aromatic rings. The van der Waals surface area contributed by atoms with E-state index in [1.807, 2.05) is 31.3 Å². The van der Waals surface area contributed by atoms with Gasteiger partial charge in [0.05, 0.1) is 31.6 Å². The fourth-order valence-electron chi connectivity index (χ4n) is 3.38. The molecule has 140 valence electrons. The van der Waals surface area contributed by atoms with E-state index in [4.69, 9.17) is 9.47 Å². The van der Waals surface area contributed by atoms with Crippen molar-refractivity contribution in [3.63, 3.8) is 0 Å². The topological polar surface area (TPSA) is 83.6 Å². The summed E-state index contributed by atoms with van der Waals surface area (Å²) in [4.78, 5) is 16.5. The SMILES string of the molecule is COc1ccccc1CN(C)C(=O)CN1C[C@@H](OC)[C@H](c2cn[nH]n2)C1. The Balaban J connectivity index is 1.59. The molecule has 0 spiro atoms. The maximum atomic E-state index is 12.7. The van der Waals surface area contributed by atoms with Gasteiger partial charge in [-0.2, -0.15) is 15.4 Å². The summed E-state index contributed by atoms with van der Waals surface area (Å²) in [7, 11) is 5.14. The number of hydrogen-bond donors (Lipinski definition) is 1. The Bertz CT molecular complexity index is 721. The number of benzene rings is 1. The number of carbonyl (C=O) groups is 1. The molecule has 1 fully saturated rings. The number of ether oxygens (including phenoxy) is 2. The number of nitrogens with one attached hydrogen (secondary N) is 1. The number of nitrogens with zero attached hydrogens (tertiary/aromatic N) is 4. The minimum Gasteiger partial charge on any atom is -0.496 e. The summed E-state index contributed by atoms with van der Waals surface area (Å²) in [5.74, 6) is 0.969. The third-order valence-corrected chi connectivity index (χ3v) is 4.84. The average molecular weight is 359 g/mol. The van der Waals surface area contributed by atoms with Crippen LogP contribution in [0.25, 0.3) is 0 Å². The quantitative estimate of drug-likeness (QED) is 0.790. The lowest BCUT2D eigenvalue weighted by Gasteiger charge is -2.22. The fourth-order valence-corrected chi connectivity index (χ4v) is 3.38. The van der Waals surface area contributed by atoms with Gasteiger partial charge in [0.15, 0.2) is 0 Å². The zero-order valence-electron chi connectivity index (χ0n) is 15.4. The molecule has 1 aliphatic rings. The van der Waals surface area contributed by atoms with Crippen molar-refractivity contribution in [3.05, 3.63) is 41.7 Å². The molecule has 2 heterocycles. The van der Waals surface area contributed by atoms with Gasteiger partial charge in [0.1, 0.15) is 5.75 Å². The normalized spacial score (nSPS) is 20.3. The first-order valence-corrected chi connectivity index (χ1v) is 8.59. The number of methoxy groups -OCH3 is 2. The number of carbonyl (C=O) groups excluding carboxylic acids is 1. The third kappa shape index (κ3) is 4.03. The third-order valence-electron chi connectivity index (χ3n) is 4.84. The predicted octanol–water partition coefficient (Wildman–Crippen LogP) is 0.886. The van der Waals surface area contributed by atoms with Crippen LogP contribution in [-0.4, -0.2) is 78.1 Å². The number of rotatable bonds is 7. The Hall–Kier alpha value is -2.45. The molecular formula is C18H25N5O3. The number of likely N-dealkylation sites (N-methyl/N-ethyl adjacent to an activating group) is 1. The number of likely N-dealkylation sites (tertiary alicyclic amines) is 1. The Kier molecular flexibility index (Phi) is 5.85. The lowest BCUT2D eigenvalue weighted by molar-refractivity contribution is -0.131. The maximum absolute atomic E-state index is 12.7. The largest absolute Gasteiger partial charge is 0.496 e. The van der Waals surface area contributed by atoms with Gasteiger partial charge in [-0.15, -0.1) is 0 Å². The predicted molar refractivity (Wildman–Crippen MR) is 95.8 cm³/mol. The van der Waals surface area contributed by atoms with Crippen molar-refractivity contribution in [1.29, 1.82) is 0 Å². The molecule has 0 aliphatic carbocycles. The first kappa shape index (κ1) is 18.3. The first-order valence-electron chi connectivity index (χ1n) is 8.59. The van der Waals surface area contributed by atoms with E-state index >= 15 is 0 Å². The standard InChI is InChI=1S/C18H25N5O3/c1-22(9-13-6-4-5-7-16(13)25-2)18(24)12-23-10-14(17(11-23)26-3)15-8-19-21-20-15/h4-8,14,17H,9-12H2,1-3H3,(H,19,20,21)/t14-,17+/m0/s1. The smallest absolute Gasteiger partial charge is 0.236 e. The number of hydrogen-bond acceptors (Lipinski definition) is 6. The monoisotopic (exact) mass is 359 g/mol. The van der Waals surface area contributed by atoms with E-state index in [-0.39, 0.29) is 17.9 Å². The molecule has 0 unspecified atom stereocenters. The molecule has 1 saturated heterocycles. The number of H-pyrrole nitrogens is 1. The van der Waals surface area contributed by atoms with Crippen molar-refractivity contribution in [3.8, 4) is 5.75 Å². The molecule has 0 bridgehead atoms. The molecular weight excluding hydrogens is 334 g/mol. The van der Waals surface area contributed by atoms with Crippen molar-refractivity contribution >= 4 is 5.91 Å². The van der Waals surface area contributed by atoms with Gasteiger partial charge < -0.3 is 14.4 Å². The number of para-hydroxylation sites is 1. The van der Waals surface area contributed by atoms with Crippen LogP contribution < -0.4 is 4.74 Å². The van der Waals surface area contributed by atoms with Gasteiger partial charge in [0.2, 0.25) is 5.91 Å². The number of amides is 1. The van der Waals surface area contributed by atoms with Gasteiger partial charge in [0, 0.05) is 45.3 Å². The highest BCUT2D eigenvalue weighted by Crippen LogP contribution is 2.27. The van der Waals surface area contributed by atoms with Crippen molar-refractivity contribution < 1.29 is 14.3 Å². The molecule has 1 aromatic heterocycles. The van der Waals surface area contributed by atoms with E-state index in [1.165, 1.54) is 0 Å². The Morgan fingerprint density at radius 2 is 2.15 bits per heavy atom. The zero-order chi connectivity index (χ0) is 18.5. The molecule has 1 amide bonds. The average Bonchev–Trinajstić information content (AvgIpc) is 3.31. The van der Waals surface area contributed by atoms with E-state index in [1.54, 1.807) is 25.3 Å². The Labute approximate surface area is 153 Å². The molecule has 2 atom stereocenters. The summed E-state index contributed by atoms with van der Waals surface area (Å²) in [6, 6.07) is 7.74. The number of aromatic amines is 1. The van der Waals surface area contributed by atoms with Crippen LogP contribution in [0, 0.1) is 0 Å². The molecule has 3 rings (SSSR count). The molecule has 1 N–H and O–H groups in total. The minimum absolute atomic E-state index is 0.00687. The van der Waals surface area contributed by atoms with Gasteiger partial charge in [-0.05, 0) is 6.07 Å². The van der Waals surface area contributed by atoms with E-state index < -0.39 is 0 Å². The van der Waals surface area contributed by atoms with Crippen LogP contribution in [0.3, 0.4) is 0 Å². The molecule has 0 radical (unpaired) electrons. The first-order chi connectivity index (χ1) is 12.6. The van der Waals surface area contributed by atoms with Gasteiger partial charge in [0.25, 0.3) is 0 Å². The van der Waals surface area contributed by atoms with E-state index in [2.05, 4.69) is 20.3 Å². The second-order valence-corrected chi connectivity index (χ2v) is 6.53. The molecule has 26 heavy (non-hydrogen) atoms. The van der Waals surface area contributed by atoms with E-state index in [0.29, 0.717) is 19.6 Å². The summed E-state index contributed by atoms with van der Waals surface area (Å²) in [6.07, 6.45) is 1.72. The summed E-state index contributed by atoms with van der Waals surface area (Å²) < 4.78 is 10.9. The van der Waals surface area contributed by atoms with E-state index in [0.717, 1.165) is 23.6 Å². The lowest BCUT2D eigenvalue weighted by Crippen LogP contribution is -2.37. The van der Waals surface area contributed by atoms with Crippen LogP contribution in [0.2, 0.25) is 0 Å². The van der Waals surface area contributed by atoms with Gasteiger partial charge in [-0.25, -0.2) is 0 Å². The summed E-state index contributed by atoms with van der Waals surface area (Å²) in [5, 5.41) is 10.7. The van der Waals surface area contributed by atoms with Gasteiger partial charge in [-0.1, -0.05) is 18.2 Å². The van der Waals surface area contributed by atoms with Crippen LogP contribution in [0.15, 0.2) is 30.5 Å². The molecule has 0 saturated carbocycles. The lowest BCUT2D eigenvalue weighted by atomic mass is 10.0. The fraction of sp³-hybridized carbons (Fsp3) is 0.500. The summed E-state index contributed by atoms with van der Waals surface area (Å²) >= 11 is 0. The Morgan fingerprint density at radius 3 is 2.85 bits per heavy atom. The van der Waals surface area contributed by atoms with Crippen molar-refractivity contribution in [2.45, 2.75) is 18.6 Å². The van der Waals surface area contributed by atoms with E-state index in [9.17, 15) is 4.79 Å². The Morgan fingerprint density at radius 1 is 1.35 bits per heavy atom. The maximum Gasteiger partial charge on any atom is 0.236 e. The second kappa shape index (κ2) is 8.29. The van der Waals surface area contributed by atoms with Crippen LogP contribution in [0.1, 0.15) is 17.2 Å². The zero-order valence-corrected chi connectivity index (χ0v) is 15.4. The van der Waals surface area contributed by atoms with Gasteiger partial charge >= 0.3 is 0 Å². The van der Waals surface area contributed by atoms with Crippen LogP contribution >= 0.6 is 0 Å². The molecule has 8 nitrogen and oxygen atoms in total. The highest BCUT2D eigenvalue weighted by Gasteiger charge is 2.36. The minimum atomic E-state index is 0.00687. The van der Waals surface area contributed by atoms with Crippen LogP contribution in [0.5, 0.6) is 5.75 Å². The summed E-state index contributed by atoms with van der Waals surface area (Å²) in [6.45, 7) is 2.28.